The molecule has 0 aliphatic carbocycles. The highest BCUT2D eigenvalue weighted by atomic mass is 35.5. The molecule has 3 N–H and O–H groups in total. The van der Waals surface area contributed by atoms with E-state index in [2.05, 4.69) is 5.32 Å². The number of hydrogen-bond donors (Lipinski definition) is 2. The molecule has 8 heteroatoms. The molecule has 0 bridgehead atoms. The molecule has 124 valence electrons. The standard InChI is InChI=1S/C14H21N3O3S.ClH/c15-7-8-16-14(18)12-5-4-6-13(11-12)21(19,20)17-9-2-1-3-10-17;/h4-6,11H,1-3,7-10,15H2,(H,16,18);1H. The molecule has 0 radical (unpaired) electrons. The van der Waals surface area contributed by atoms with Gasteiger partial charge in [-0.15, -0.1) is 12.4 Å². The smallest absolute Gasteiger partial charge is 0.251 e. The Labute approximate surface area is 137 Å². The molecule has 1 aliphatic heterocycles. The number of nitrogens with zero attached hydrogens (tertiary/aromatic N) is 1. The van der Waals surface area contributed by atoms with Crippen LogP contribution in [-0.4, -0.2) is 44.8 Å². The van der Waals surface area contributed by atoms with Crippen molar-refractivity contribution in [3.05, 3.63) is 29.8 Å². The highest BCUT2D eigenvalue weighted by molar-refractivity contribution is 7.89. The molecule has 2 rings (SSSR count). The van der Waals surface area contributed by atoms with E-state index in [1.807, 2.05) is 0 Å². The van der Waals surface area contributed by atoms with Crippen LogP contribution < -0.4 is 11.1 Å². The average Bonchev–Trinajstić information content (AvgIpc) is 2.53. The first-order valence-electron chi connectivity index (χ1n) is 7.14. The number of sulfonamides is 1. The molecule has 0 aromatic heterocycles. The Hall–Kier alpha value is -1.15. The first-order valence-corrected chi connectivity index (χ1v) is 8.58. The van der Waals surface area contributed by atoms with Crippen LogP contribution in [0.15, 0.2) is 29.2 Å². The monoisotopic (exact) mass is 347 g/mol. The number of hydrogen-bond acceptors (Lipinski definition) is 4. The van der Waals surface area contributed by atoms with Crippen LogP contribution in [0, 0.1) is 0 Å². The summed E-state index contributed by atoms with van der Waals surface area (Å²) in [5.74, 6) is -0.309. The quantitative estimate of drug-likeness (QED) is 0.830. The van der Waals surface area contributed by atoms with E-state index in [0.717, 1.165) is 19.3 Å². The zero-order chi connectivity index (χ0) is 15.3. The van der Waals surface area contributed by atoms with Crippen LogP contribution in [0.25, 0.3) is 0 Å². The van der Waals surface area contributed by atoms with Crippen molar-refractivity contribution >= 4 is 28.3 Å². The van der Waals surface area contributed by atoms with Gasteiger partial charge in [-0.25, -0.2) is 8.42 Å². The Morgan fingerprint density at radius 2 is 1.91 bits per heavy atom. The predicted molar refractivity (Wildman–Crippen MR) is 87.7 cm³/mol. The van der Waals surface area contributed by atoms with E-state index in [0.29, 0.717) is 31.7 Å². The fraction of sp³-hybridized carbons (Fsp3) is 0.500. The van der Waals surface area contributed by atoms with Crippen LogP contribution in [0.4, 0.5) is 0 Å². The number of amides is 1. The molecule has 1 fully saturated rings. The summed E-state index contributed by atoms with van der Waals surface area (Å²) < 4.78 is 26.6. The SMILES string of the molecule is Cl.NCCNC(=O)c1cccc(S(=O)(=O)N2CCCCC2)c1. The van der Waals surface area contributed by atoms with Gasteiger partial charge in [0.25, 0.3) is 5.91 Å². The molecule has 1 heterocycles. The van der Waals surface area contributed by atoms with Gasteiger partial charge in [0.05, 0.1) is 4.90 Å². The number of nitrogens with one attached hydrogen (secondary N) is 1. The zero-order valence-electron chi connectivity index (χ0n) is 12.3. The molecule has 22 heavy (non-hydrogen) atoms. The second kappa shape index (κ2) is 8.47. The van der Waals surface area contributed by atoms with E-state index < -0.39 is 10.0 Å². The lowest BCUT2D eigenvalue weighted by molar-refractivity contribution is 0.0954. The molecule has 6 nitrogen and oxygen atoms in total. The predicted octanol–water partition coefficient (Wildman–Crippen LogP) is 0.971. The Bertz CT molecular complexity index is 601. The van der Waals surface area contributed by atoms with Crippen LogP contribution >= 0.6 is 12.4 Å². The lowest BCUT2D eigenvalue weighted by Gasteiger charge is -2.26. The second-order valence-corrected chi connectivity index (χ2v) is 6.98. The van der Waals surface area contributed by atoms with Crippen molar-refractivity contribution in [1.82, 2.24) is 9.62 Å². The van der Waals surface area contributed by atoms with Gasteiger partial charge in [0.15, 0.2) is 0 Å². The Kier molecular flexibility index (Phi) is 7.28. The van der Waals surface area contributed by atoms with Gasteiger partial charge in [-0.05, 0) is 31.0 Å². The molecule has 0 saturated carbocycles. The number of rotatable bonds is 5. The van der Waals surface area contributed by atoms with Gasteiger partial charge in [-0.1, -0.05) is 12.5 Å². The van der Waals surface area contributed by atoms with E-state index in [1.165, 1.54) is 16.4 Å². The summed E-state index contributed by atoms with van der Waals surface area (Å²) in [7, 11) is -3.51. The lowest BCUT2D eigenvalue weighted by Crippen LogP contribution is -2.35. The number of carbonyl (C=O) groups excluding carboxylic acids is 1. The van der Waals surface area contributed by atoms with Gasteiger partial charge >= 0.3 is 0 Å². The van der Waals surface area contributed by atoms with E-state index >= 15 is 0 Å². The van der Waals surface area contributed by atoms with Gasteiger partial charge in [0, 0.05) is 31.7 Å². The van der Waals surface area contributed by atoms with Crippen molar-refractivity contribution in [2.75, 3.05) is 26.2 Å². The third-order valence-electron chi connectivity index (χ3n) is 3.48. The molecular weight excluding hydrogens is 326 g/mol. The first-order chi connectivity index (χ1) is 10.1. The topological polar surface area (TPSA) is 92.5 Å². The van der Waals surface area contributed by atoms with Crippen molar-refractivity contribution in [3.63, 3.8) is 0 Å². The molecule has 1 aromatic carbocycles. The number of halogens is 1. The van der Waals surface area contributed by atoms with Crippen LogP contribution in [0.1, 0.15) is 29.6 Å². The first kappa shape index (κ1) is 18.9. The van der Waals surface area contributed by atoms with Crippen LogP contribution in [0.3, 0.4) is 0 Å². The second-order valence-electron chi connectivity index (χ2n) is 5.04. The third-order valence-corrected chi connectivity index (χ3v) is 5.37. The maximum absolute atomic E-state index is 12.6. The van der Waals surface area contributed by atoms with E-state index in [1.54, 1.807) is 12.1 Å². The fourth-order valence-corrected chi connectivity index (χ4v) is 3.90. The number of piperidine rings is 1. The number of carbonyl (C=O) groups is 1. The Morgan fingerprint density at radius 3 is 2.55 bits per heavy atom. The average molecular weight is 348 g/mol. The minimum absolute atomic E-state index is 0. The Morgan fingerprint density at radius 1 is 1.23 bits per heavy atom. The molecule has 1 aromatic rings. The molecule has 1 aliphatic rings. The summed E-state index contributed by atoms with van der Waals surface area (Å²) in [4.78, 5) is 12.1. The molecule has 1 amide bonds. The molecular formula is C14H22ClN3O3S. The summed E-state index contributed by atoms with van der Waals surface area (Å²) in [5.41, 5.74) is 5.67. The summed E-state index contributed by atoms with van der Waals surface area (Å²) in [5, 5.41) is 2.63. The summed E-state index contributed by atoms with van der Waals surface area (Å²) >= 11 is 0. The lowest BCUT2D eigenvalue weighted by atomic mass is 10.2. The van der Waals surface area contributed by atoms with Crippen molar-refractivity contribution in [2.24, 2.45) is 5.73 Å². The van der Waals surface area contributed by atoms with Crippen LogP contribution in [-0.2, 0) is 10.0 Å². The molecule has 0 atom stereocenters. The van der Waals surface area contributed by atoms with Crippen molar-refractivity contribution in [3.8, 4) is 0 Å². The minimum atomic E-state index is -3.51. The Balaban J connectivity index is 0.00000242. The van der Waals surface area contributed by atoms with Gasteiger partial charge in [-0.3, -0.25) is 4.79 Å². The number of nitrogens with two attached hydrogens (primary N) is 1. The molecule has 0 spiro atoms. The van der Waals surface area contributed by atoms with Crippen LogP contribution in [0.2, 0.25) is 0 Å². The highest BCUT2D eigenvalue weighted by Crippen LogP contribution is 2.21. The van der Waals surface area contributed by atoms with E-state index in [9.17, 15) is 13.2 Å². The van der Waals surface area contributed by atoms with Gasteiger partial charge in [-0.2, -0.15) is 4.31 Å². The normalized spacial score (nSPS) is 15.9. The fourth-order valence-electron chi connectivity index (χ4n) is 2.34. The summed E-state index contributed by atoms with van der Waals surface area (Å²) in [6, 6.07) is 6.15. The minimum Gasteiger partial charge on any atom is -0.351 e. The molecule has 0 unspecified atom stereocenters. The maximum Gasteiger partial charge on any atom is 0.251 e. The van der Waals surface area contributed by atoms with Crippen molar-refractivity contribution in [1.29, 1.82) is 0 Å². The summed E-state index contributed by atoms with van der Waals surface area (Å²) in [6.07, 6.45) is 2.83. The van der Waals surface area contributed by atoms with Gasteiger partial charge in [0.2, 0.25) is 10.0 Å². The largest absolute Gasteiger partial charge is 0.351 e. The zero-order valence-corrected chi connectivity index (χ0v) is 14.0. The summed E-state index contributed by atoms with van der Waals surface area (Å²) in [6.45, 7) is 1.80. The van der Waals surface area contributed by atoms with Crippen molar-refractivity contribution in [2.45, 2.75) is 24.2 Å². The van der Waals surface area contributed by atoms with E-state index in [4.69, 9.17) is 5.73 Å². The number of benzene rings is 1. The van der Waals surface area contributed by atoms with Crippen LogP contribution in [0.5, 0.6) is 0 Å². The third kappa shape index (κ3) is 4.42. The maximum atomic E-state index is 12.6. The van der Waals surface area contributed by atoms with Gasteiger partial charge < -0.3 is 11.1 Å². The van der Waals surface area contributed by atoms with E-state index in [-0.39, 0.29) is 23.2 Å². The highest BCUT2D eigenvalue weighted by Gasteiger charge is 2.26. The van der Waals surface area contributed by atoms with Crippen molar-refractivity contribution < 1.29 is 13.2 Å². The molecule has 1 saturated heterocycles. The van der Waals surface area contributed by atoms with Gasteiger partial charge in [0.1, 0.15) is 0 Å².